The van der Waals surface area contributed by atoms with Crippen LogP contribution in [0.15, 0.2) is 36.7 Å². The number of rotatable bonds is 6. The summed E-state index contributed by atoms with van der Waals surface area (Å²) in [6, 6.07) is 8.35. The second kappa shape index (κ2) is 8.84. The van der Waals surface area contributed by atoms with Crippen LogP contribution < -0.4 is 15.5 Å². The molecule has 27 heavy (non-hydrogen) atoms. The standard InChI is InChI=1S/C21H29N5O/c1-15(2)12-22-20(27)17-13-23-21(24-14-17)25-18-4-6-19(7-5-18)26-10-8-16(3)9-11-26/h4-7,13-16H,8-12H2,1-3H3,(H,22,27)(H,23,24,25). The van der Waals surface area contributed by atoms with Crippen LogP contribution in [0.3, 0.4) is 0 Å². The topological polar surface area (TPSA) is 70.2 Å². The summed E-state index contributed by atoms with van der Waals surface area (Å²) in [6.07, 6.45) is 5.61. The van der Waals surface area contributed by atoms with Gasteiger partial charge in [-0.3, -0.25) is 4.79 Å². The van der Waals surface area contributed by atoms with Gasteiger partial charge in [0.05, 0.1) is 5.56 Å². The van der Waals surface area contributed by atoms with E-state index in [2.05, 4.69) is 58.4 Å². The number of hydrogen-bond acceptors (Lipinski definition) is 5. The van der Waals surface area contributed by atoms with Gasteiger partial charge in [-0.1, -0.05) is 20.8 Å². The third-order valence-electron chi connectivity index (χ3n) is 4.86. The largest absolute Gasteiger partial charge is 0.372 e. The first kappa shape index (κ1) is 19.1. The molecule has 6 nitrogen and oxygen atoms in total. The van der Waals surface area contributed by atoms with Crippen molar-refractivity contribution in [3.05, 3.63) is 42.2 Å². The van der Waals surface area contributed by atoms with Crippen molar-refractivity contribution in [3.63, 3.8) is 0 Å². The molecule has 3 rings (SSSR count). The molecular formula is C21H29N5O. The third-order valence-corrected chi connectivity index (χ3v) is 4.86. The number of nitrogens with one attached hydrogen (secondary N) is 2. The zero-order chi connectivity index (χ0) is 19.2. The molecule has 1 aliphatic rings. The van der Waals surface area contributed by atoms with E-state index in [-0.39, 0.29) is 5.91 Å². The number of carbonyl (C=O) groups is 1. The van der Waals surface area contributed by atoms with Gasteiger partial charge in [0, 0.05) is 43.4 Å². The minimum Gasteiger partial charge on any atom is -0.372 e. The number of benzene rings is 1. The molecule has 6 heteroatoms. The van der Waals surface area contributed by atoms with E-state index in [0.29, 0.717) is 24.0 Å². The molecule has 0 radical (unpaired) electrons. The highest BCUT2D eigenvalue weighted by molar-refractivity contribution is 5.93. The Bertz CT molecular complexity index is 734. The normalized spacial score (nSPS) is 15.0. The number of anilines is 3. The molecule has 2 heterocycles. The molecule has 0 spiro atoms. The molecule has 0 bridgehead atoms. The van der Waals surface area contributed by atoms with Crippen LogP contribution in [0.1, 0.15) is 44.0 Å². The van der Waals surface area contributed by atoms with Gasteiger partial charge in [0.2, 0.25) is 5.95 Å². The van der Waals surface area contributed by atoms with Crippen LogP contribution in [0, 0.1) is 11.8 Å². The second-order valence-corrected chi connectivity index (χ2v) is 7.74. The monoisotopic (exact) mass is 367 g/mol. The van der Waals surface area contributed by atoms with Crippen molar-refractivity contribution in [3.8, 4) is 0 Å². The number of carbonyl (C=O) groups excluding carboxylic acids is 1. The molecule has 1 fully saturated rings. The predicted octanol–water partition coefficient (Wildman–Crippen LogP) is 3.84. The van der Waals surface area contributed by atoms with Crippen LogP contribution >= 0.6 is 0 Å². The first-order chi connectivity index (χ1) is 13.0. The Kier molecular flexibility index (Phi) is 6.27. The Morgan fingerprint density at radius 1 is 1.15 bits per heavy atom. The van der Waals surface area contributed by atoms with E-state index in [4.69, 9.17) is 0 Å². The fraction of sp³-hybridized carbons (Fsp3) is 0.476. The van der Waals surface area contributed by atoms with Crippen molar-refractivity contribution < 1.29 is 4.79 Å². The Labute approximate surface area is 161 Å². The molecule has 2 N–H and O–H groups in total. The van der Waals surface area contributed by atoms with Gasteiger partial charge in [-0.05, 0) is 48.9 Å². The highest BCUT2D eigenvalue weighted by atomic mass is 16.1. The summed E-state index contributed by atoms with van der Waals surface area (Å²) in [4.78, 5) is 22.9. The number of nitrogens with zero attached hydrogens (tertiary/aromatic N) is 3. The zero-order valence-electron chi connectivity index (χ0n) is 16.4. The van der Waals surface area contributed by atoms with Crippen LogP contribution in [-0.2, 0) is 0 Å². The SMILES string of the molecule is CC(C)CNC(=O)c1cnc(Nc2ccc(N3CCC(C)CC3)cc2)nc1. The number of aromatic nitrogens is 2. The average Bonchev–Trinajstić information content (AvgIpc) is 2.68. The lowest BCUT2D eigenvalue weighted by Crippen LogP contribution is -2.32. The van der Waals surface area contributed by atoms with Crippen LogP contribution in [-0.4, -0.2) is 35.5 Å². The third kappa shape index (κ3) is 5.42. The summed E-state index contributed by atoms with van der Waals surface area (Å²) < 4.78 is 0. The molecule has 0 unspecified atom stereocenters. The molecule has 144 valence electrons. The van der Waals surface area contributed by atoms with E-state index in [1.165, 1.54) is 18.5 Å². The first-order valence-corrected chi connectivity index (χ1v) is 9.73. The van der Waals surface area contributed by atoms with Crippen LogP contribution in [0.25, 0.3) is 0 Å². The molecule has 0 saturated carbocycles. The minimum absolute atomic E-state index is 0.143. The molecule has 1 aliphatic heterocycles. The van der Waals surface area contributed by atoms with Crippen molar-refractivity contribution in [1.82, 2.24) is 15.3 Å². The van der Waals surface area contributed by atoms with Crippen molar-refractivity contribution in [1.29, 1.82) is 0 Å². The molecular weight excluding hydrogens is 338 g/mol. The van der Waals surface area contributed by atoms with Gasteiger partial charge in [-0.25, -0.2) is 9.97 Å². The van der Waals surface area contributed by atoms with Gasteiger partial charge in [0.25, 0.3) is 5.91 Å². The zero-order valence-corrected chi connectivity index (χ0v) is 16.4. The number of hydrogen-bond donors (Lipinski definition) is 2. The number of piperidine rings is 1. The van der Waals surface area contributed by atoms with Crippen molar-refractivity contribution in [2.75, 3.05) is 29.9 Å². The summed E-state index contributed by atoms with van der Waals surface area (Å²) in [6.45, 7) is 9.32. The maximum Gasteiger partial charge on any atom is 0.254 e. The summed E-state index contributed by atoms with van der Waals surface area (Å²) in [5.41, 5.74) is 2.66. The molecule has 1 aromatic carbocycles. The Morgan fingerprint density at radius 3 is 2.37 bits per heavy atom. The van der Waals surface area contributed by atoms with Gasteiger partial charge in [0.1, 0.15) is 0 Å². The molecule has 1 aromatic heterocycles. The maximum absolute atomic E-state index is 12.0. The smallest absolute Gasteiger partial charge is 0.254 e. The maximum atomic E-state index is 12.0. The van der Waals surface area contributed by atoms with Gasteiger partial charge in [-0.15, -0.1) is 0 Å². The molecule has 2 aromatic rings. The highest BCUT2D eigenvalue weighted by Gasteiger charge is 2.15. The van der Waals surface area contributed by atoms with Crippen LogP contribution in [0.5, 0.6) is 0 Å². The molecule has 0 atom stereocenters. The van der Waals surface area contributed by atoms with E-state index in [1.54, 1.807) is 12.4 Å². The summed E-state index contributed by atoms with van der Waals surface area (Å²) in [7, 11) is 0. The predicted molar refractivity (Wildman–Crippen MR) is 110 cm³/mol. The fourth-order valence-electron chi connectivity index (χ4n) is 3.06. The van der Waals surface area contributed by atoms with Gasteiger partial charge in [-0.2, -0.15) is 0 Å². The molecule has 0 aliphatic carbocycles. The Balaban J connectivity index is 1.56. The van der Waals surface area contributed by atoms with Gasteiger partial charge >= 0.3 is 0 Å². The van der Waals surface area contributed by atoms with E-state index >= 15 is 0 Å². The molecule has 1 saturated heterocycles. The van der Waals surface area contributed by atoms with Crippen molar-refractivity contribution in [2.24, 2.45) is 11.8 Å². The van der Waals surface area contributed by atoms with Crippen molar-refractivity contribution >= 4 is 23.2 Å². The minimum atomic E-state index is -0.143. The van der Waals surface area contributed by atoms with E-state index < -0.39 is 0 Å². The number of amides is 1. The van der Waals surface area contributed by atoms with Gasteiger partial charge < -0.3 is 15.5 Å². The van der Waals surface area contributed by atoms with Gasteiger partial charge in [0.15, 0.2) is 0 Å². The summed E-state index contributed by atoms with van der Waals surface area (Å²) in [5, 5.41) is 6.05. The van der Waals surface area contributed by atoms with Crippen molar-refractivity contribution in [2.45, 2.75) is 33.6 Å². The average molecular weight is 367 g/mol. The van der Waals surface area contributed by atoms with Crippen LogP contribution in [0.4, 0.5) is 17.3 Å². The lowest BCUT2D eigenvalue weighted by molar-refractivity contribution is 0.0948. The lowest BCUT2D eigenvalue weighted by Gasteiger charge is -2.32. The Morgan fingerprint density at radius 2 is 1.78 bits per heavy atom. The molecule has 1 amide bonds. The highest BCUT2D eigenvalue weighted by Crippen LogP contribution is 2.24. The summed E-state index contributed by atoms with van der Waals surface area (Å²) >= 11 is 0. The fourth-order valence-corrected chi connectivity index (χ4v) is 3.06. The quantitative estimate of drug-likeness (QED) is 0.812. The summed E-state index contributed by atoms with van der Waals surface area (Å²) in [5.74, 6) is 1.58. The van der Waals surface area contributed by atoms with Crippen LogP contribution in [0.2, 0.25) is 0 Å². The Hall–Kier alpha value is -2.63. The van der Waals surface area contributed by atoms with E-state index in [1.807, 2.05) is 12.1 Å². The lowest BCUT2D eigenvalue weighted by atomic mass is 9.99. The first-order valence-electron chi connectivity index (χ1n) is 9.73. The van der Waals surface area contributed by atoms with E-state index in [0.717, 1.165) is 24.7 Å². The second-order valence-electron chi connectivity index (χ2n) is 7.74. The van der Waals surface area contributed by atoms with E-state index in [9.17, 15) is 4.79 Å².